The summed E-state index contributed by atoms with van der Waals surface area (Å²) < 4.78 is 32.8. The third-order valence-electron chi connectivity index (χ3n) is 5.79. The normalized spacial score (nSPS) is 17.3. The van der Waals surface area contributed by atoms with Gasteiger partial charge in [-0.15, -0.1) is 0 Å². The first-order valence-corrected chi connectivity index (χ1v) is 11.9. The minimum absolute atomic E-state index is 0.0303. The van der Waals surface area contributed by atoms with E-state index in [1.165, 1.54) is 6.07 Å². The van der Waals surface area contributed by atoms with E-state index in [4.69, 9.17) is 15.9 Å². The maximum absolute atomic E-state index is 13.3. The molecular formula is C24H27N3O3S. The highest BCUT2D eigenvalue weighted by Crippen LogP contribution is 2.30. The Morgan fingerprint density at radius 2 is 1.87 bits per heavy atom. The molecule has 3 N–H and O–H groups in total. The lowest BCUT2D eigenvalue weighted by Gasteiger charge is -2.20. The topological polar surface area (TPSA) is 96.5 Å². The third-order valence-corrected chi connectivity index (χ3v) is 7.48. The van der Waals surface area contributed by atoms with E-state index in [0.29, 0.717) is 17.2 Å². The van der Waals surface area contributed by atoms with Crippen LogP contribution in [0.25, 0.3) is 10.8 Å². The fourth-order valence-electron chi connectivity index (χ4n) is 4.00. The number of hydrogen-bond acceptors (Lipinski definition) is 6. The summed E-state index contributed by atoms with van der Waals surface area (Å²) in [4.78, 5) is 2.44. The van der Waals surface area contributed by atoms with Crippen LogP contribution in [0.3, 0.4) is 0 Å². The van der Waals surface area contributed by atoms with Crippen LogP contribution in [-0.2, 0) is 9.84 Å². The molecule has 0 aliphatic carbocycles. The first-order chi connectivity index (χ1) is 14.8. The number of benzene rings is 3. The Bertz CT molecular complexity index is 1230. The molecule has 0 amide bonds. The van der Waals surface area contributed by atoms with Crippen molar-refractivity contribution in [2.24, 2.45) is 0 Å². The van der Waals surface area contributed by atoms with E-state index < -0.39 is 14.9 Å². The van der Waals surface area contributed by atoms with Crippen LogP contribution in [0, 0.1) is 5.41 Å². The molecule has 3 aromatic rings. The predicted octanol–water partition coefficient (Wildman–Crippen LogP) is 4.08. The average molecular weight is 438 g/mol. The van der Waals surface area contributed by atoms with Crippen LogP contribution in [-0.4, -0.2) is 43.6 Å². The number of nitrogens with one attached hydrogen (secondary N) is 1. The number of rotatable bonds is 5. The minimum Gasteiger partial charge on any atom is -0.489 e. The molecule has 162 valence electrons. The van der Waals surface area contributed by atoms with E-state index in [1.807, 2.05) is 18.2 Å². The molecule has 0 aromatic heterocycles. The lowest BCUT2D eigenvalue weighted by atomic mass is 10.1. The van der Waals surface area contributed by atoms with Gasteiger partial charge in [-0.1, -0.05) is 36.4 Å². The first-order valence-electron chi connectivity index (χ1n) is 10.4. The Balaban J connectivity index is 1.64. The monoisotopic (exact) mass is 437 g/mol. The van der Waals surface area contributed by atoms with Crippen molar-refractivity contribution in [2.75, 3.05) is 18.8 Å². The summed E-state index contributed by atoms with van der Waals surface area (Å²) >= 11 is 0. The number of nitrogens with zero attached hydrogens (tertiary/aromatic N) is 1. The summed E-state index contributed by atoms with van der Waals surface area (Å²) in [6.07, 6.45) is 0.937. The molecule has 1 aliphatic heterocycles. The largest absolute Gasteiger partial charge is 0.489 e. The lowest BCUT2D eigenvalue weighted by Crippen LogP contribution is -2.30. The summed E-state index contributed by atoms with van der Waals surface area (Å²) in [7, 11) is -4.07. The van der Waals surface area contributed by atoms with Gasteiger partial charge in [0.25, 0.3) is 0 Å². The maximum atomic E-state index is 13.3. The van der Waals surface area contributed by atoms with Gasteiger partial charge in [0.05, 0.1) is 4.90 Å². The average Bonchev–Trinajstić information content (AvgIpc) is 3.23. The summed E-state index contributed by atoms with van der Waals surface area (Å²) in [5, 5.41) is 9.38. The van der Waals surface area contributed by atoms with Gasteiger partial charge < -0.3 is 10.5 Å². The zero-order valence-electron chi connectivity index (χ0n) is 17.7. The van der Waals surface area contributed by atoms with Crippen molar-refractivity contribution in [3.05, 3.63) is 66.2 Å². The number of nitrogen functional groups attached to an aromatic ring is 1. The summed E-state index contributed by atoms with van der Waals surface area (Å²) in [5.74, 6) is 0.526. The number of nitrogens with two attached hydrogens (primary N) is 1. The fourth-order valence-corrected chi connectivity index (χ4v) is 5.42. The zero-order valence-corrected chi connectivity index (χ0v) is 18.5. The molecule has 0 spiro atoms. The number of fused-ring (bicyclic) bond motifs is 1. The van der Waals surface area contributed by atoms with Crippen LogP contribution in [0.4, 0.5) is 5.69 Å². The number of anilines is 1. The first kappa shape index (κ1) is 21.3. The van der Waals surface area contributed by atoms with Crippen molar-refractivity contribution in [3.8, 4) is 5.75 Å². The van der Waals surface area contributed by atoms with Gasteiger partial charge in [-0.3, -0.25) is 10.3 Å². The van der Waals surface area contributed by atoms with Crippen molar-refractivity contribution >= 4 is 31.3 Å². The molecule has 1 fully saturated rings. The number of hydrogen-bond donors (Lipinski definition) is 2. The Hall–Kier alpha value is -2.90. The van der Waals surface area contributed by atoms with Gasteiger partial charge in [0.15, 0.2) is 5.04 Å². The predicted molar refractivity (Wildman–Crippen MR) is 125 cm³/mol. The second-order valence-electron chi connectivity index (χ2n) is 8.18. The van der Waals surface area contributed by atoms with Crippen molar-refractivity contribution in [1.29, 1.82) is 5.41 Å². The molecule has 0 radical (unpaired) electrons. The molecule has 1 saturated heterocycles. The van der Waals surface area contributed by atoms with Crippen LogP contribution < -0.4 is 10.5 Å². The van der Waals surface area contributed by atoms with Gasteiger partial charge in [0.2, 0.25) is 9.84 Å². The van der Waals surface area contributed by atoms with Crippen molar-refractivity contribution in [2.45, 2.75) is 37.3 Å². The van der Waals surface area contributed by atoms with E-state index in [-0.39, 0.29) is 22.3 Å². The SMILES string of the molecule is CC(C)N1CCC(Oc2ccc(N)c(C(=N)S(=O)(=O)c3cccc4ccccc34)c2)C1. The quantitative estimate of drug-likeness (QED) is 0.356. The fraction of sp³-hybridized carbons (Fsp3) is 0.292. The Kier molecular flexibility index (Phi) is 5.73. The summed E-state index contributed by atoms with van der Waals surface area (Å²) in [6, 6.07) is 17.7. The van der Waals surface area contributed by atoms with E-state index in [0.717, 1.165) is 24.9 Å². The zero-order chi connectivity index (χ0) is 22.2. The molecule has 31 heavy (non-hydrogen) atoms. The van der Waals surface area contributed by atoms with Gasteiger partial charge in [0, 0.05) is 35.8 Å². The van der Waals surface area contributed by atoms with Gasteiger partial charge in [-0.25, -0.2) is 8.42 Å². The lowest BCUT2D eigenvalue weighted by molar-refractivity contribution is 0.187. The van der Waals surface area contributed by atoms with Crippen LogP contribution in [0.15, 0.2) is 65.6 Å². The summed E-state index contributed by atoms with van der Waals surface area (Å²) in [5.41, 5.74) is 6.47. The Labute approximate surface area is 183 Å². The third kappa shape index (κ3) is 4.16. The van der Waals surface area contributed by atoms with Crippen LogP contribution in [0.2, 0.25) is 0 Å². The summed E-state index contributed by atoms with van der Waals surface area (Å²) in [6.45, 7) is 6.10. The molecular weight excluding hydrogens is 410 g/mol. The second kappa shape index (κ2) is 8.32. The standard InChI is InChI=1S/C24H27N3O3S/c1-16(2)27-13-12-19(15-27)30-18-10-11-22(25)21(14-18)24(26)31(28,29)23-9-5-7-17-6-3-4-8-20(17)23/h3-11,14,16,19,26H,12-13,15,25H2,1-2H3. The molecule has 6 nitrogen and oxygen atoms in total. The molecule has 1 unspecified atom stereocenters. The van der Waals surface area contributed by atoms with E-state index in [2.05, 4.69) is 18.7 Å². The smallest absolute Gasteiger partial charge is 0.224 e. The Morgan fingerprint density at radius 3 is 2.61 bits per heavy atom. The van der Waals surface area contributed by atoms with Gasteiger partial charge in [-0.2, -0.15) is 0 Å². The molecule has 4 rings (SSSR count). The molecule has 0 saturated carbocycles. The van der Waals surface area contributed by atoms with Gasteiger partial charge >= 0.3 is 0 Å². The molecule has 3 aromatic carbocycles. The van der Waals surface area contributed by atoms with Gasteiger partial charge in [-0.05, 0) is 49.9 Å². The maximum Gasteiger partial charge on any atom is 0.224 e. The Morgan fingerprint density at radius 1 is 1.13 bits per heavy atom. The second-order valence-corrected chi connectivity index (χ2v) is 10.0. The van der Waals surface area contributed by atoms with Crippen molar-refractivity contribution < 1.29 is 13.2 Å². The molecule has 0 bridgehead atoms. The van der Waals surface area contributed by atoms with Crippen LogP contribution in [0.5, 0.6) is 5.75 Å². The molecule has 1 aliphatic rings. The van der Waals surface area contributed by atoms with E-state index in [1.54, 1.807) is 36.4 Å². The van der Waals surface area contributed by atoms with E-state index >= 15 is 0 Å². The van der Waals surface area contributed by atoms with Crippen LogP contribution in [0.1, 0.15) is 25.8 Å². The number of sulfone groups is 1. The van der Waals surface area contributed by atoms with Gasteiger partial charge in [0.1, 0.15) is 11.9 Å². The highest BCUT2D eigenvalue weighted by molar-refractivity contribution is 8.07. The molecule has 1 atom stereocenters. The van der Waals surface area contributed by atoms with Crippen LogP contribution >= 0.6 is 0 Å². The molecule has 1 heterocycles. The molecule has 7 heteroatoms. The number of ether oxygens (including phenoxy) is 1. The van der Waals surface area contributed by atoms with E-state index in [9.17, 15) is 8.42 Å². The highest BCUT2D eigenvalue weighted by Gasteiger charge is 2.28. The van der Waals surface area contributed by atoms with Crippen molar-refractivity contribution in [3.63, 3.8) is 0 Å². The highest BCUT2D eigenvalue weighted by atomic mass is 32.2. The number of likely N-dealkylation sites (tertiary alicyclic amines) is 1. The van der Waals surface area contributed by atoms with Crippen molar-refractivity contribution in [1.82, 2.24) is 4.90 Å². The minimum atomic E-state index is -4.07.